The van der Waals surface area contributed by atoms with E-state index in [2.05, 4.69) is 72.8 Å². The van der Waals surface area contributed by atoms with Crippen LogP contribution in [0, 0.1) is 0 Å². The molecule has 1 heterocycles. The van der Waals surface area contributed by atoms with Crippen LogP contribution in [0.25, 0.3) is 16.9 Å². The minimum Gasteiger partial charge on any atom is -0.543 e. The summed E-state index contributed by atoms with van der Waals surface area (Å²) in [5, 5.41) is 15.0. The number of benzene rings is 2. The van der Waals surface area contributed by atoms with Gasteiger partial charge in [0, 0.05) is 17.2 Å². The molecule has 1 N–H and O–H groups in total. The second kappa shape index (κ2) is 9.60. The van der Waals surface area contributed by atoms with Crippen molar-refractivity contribution in [3.05, 3.63) is 60.3 Å². The molecule has 0 radical (unpaired) electrons. The van der Waals surface area contributed by atoms with E-state index < -0.39 is 16.6 Å². The van der Waals surface area contributed by atoms with Gasteiger partial charge in [0.1, 0.15) is 11.5 Å². The van der Waals surface area contributed by atoms with Crippen LogP contribution in [0.3, 0.4) is 0 Å². The molecule has 1 aromatic heterocycles. The fraction of sp³-hybridized carbons (Fsp3) is 0.464. The Hall–Kier alpha value is -2.36. The zero-order valence-electron chi connectivity index (χ0n) is 23.1. The molecule has 3 rings (SSSR count). The highest BCUT2D eigenvalue weighted by molar-refractivity contribution is 6.75. The van der Waals surface area contributed by atoms with Crippen molar-refractivity contribution in [1.29, 1.82) is 0 Å². The topological polar surface area (TPSA) is 56.5 Å². The van der Waals surface area contributed by atoms with Gasteiger partial charge >= 0.3 is 0 Å². The van der Waals surface area contributed by atoms with E-state index in [1.165, 1.54) is 0 Å². The van der Waals surface area contributed by atoms with Gasteiger partial charge < -0.3 is 14.0 Å². The summed E-state index contributed by atoms with van der Waals surface area (Å²) in [5.74, 6) is 1.49. The molecule has 0 atom stereocenters. The summed E-state index contributed by atoms with van der Waals surface area (Å²) in [5.41, 5.74) is 3.55. The molecule has 0 saturated heterocycles. The average molecular weight is 511 g/mol. The lowest BCUT2D eigenvalue weighted by molar-refractivity contribution is 0.277. The maximum absolute atomic E-state index is 10.4. The van der Waals surface area contributed by atoms with E-state index in [1.807, 2.05) is 53.2 Å². The van der Waals surface area contributed by atoms with E-state index >= 15 is 0 Å². The SMILES string of the molecule is CC(C)(C)[Si](C)(C)Oc1cc(O[Si](C)(C)C(C)(C)C)c(-c2ccnn2-c2ccccc2)cc1CO. The summed E-state index contributed by atoms with van der Waals surface area (Å²) in [7, 11) is -4.30. The first-order valence-electron chi connectivity index (χ1n) is 12.3. The fourth-order valence-electron chi connectivity index (χ4n) is 3.25. The van der Waals surface area contributed by atoms with E-state index in [1.54, 1.807) is 6.20 Å². The van der Waals surface area contributed by atoms with Crippen molar-refractivity contribution < 1.29 is 14.0 Å². The highest BCUT2D eigenvalue weighted by atomic mass is 28.4. The molecule has 3 aromatic rings. The van der Waals surface area contributed by atoms with Crippen LogP contribution >= 0.6 is 0 Å². The van der Waals surface area contributed by atoms with Gasteiger partial charge in [-0.1, -0.05) is 59.7 Å². The van der Waals surface area contributed by atoms with Gasteiger partial charge in [-0.25, -0.2) is 4.68 Å². The minimum absolute atomic E-state index is 0.0278. The van der Waals surface area contributed by atoms with Crippen LogP contribution in [0.4, 0.5) is 0 Å². The molecular weight excluding hydrogens is 468 g/mol. The van der Waals surface area contributed by atoms with Crippen LogP contribution in [0.1, 0.15) is 47.1 Å². The Labute approximate surface area is 213 Å². The predicted molar refractivity (Wildman–Crippen MR) is 151 cm³/mol. The lowest BCUT2D eigenvalue weighted by Gasteiger charge is -2.39. The Bertz CT molecular complexity index is 1160. The summed E-state index contributed by atoms with van der Waals surface area (Å²) in [4.78, 5) is 0. The van der Waals surface area contributed by atoms with Gasteiger partial charge in [-0.3, -0.25) is 0 Å². The quantitative estimate of drug-likeness (QED) is 0.329. The van der Waals surface area contributed by atoms with Crippen LogP contribution < -0.4 is 8.85 Å². The number of hydrogen-bond acceptors (Lipinski definition) is 4. The third-order valence-corrected chi connectivity index (χ3v) is 16.3. The van der Waals surface area contributed by atoms with Gasteiger partial charge in [0.05, 0.1) is 24.2 Å². The van der Waals surface area contributed by atoms with Crippen molar-refractivity contribution in [3.63, 3.8) is 0 Å². The molecule has 0 bridgehead atoms. The first-order chi connectivity index (χ1) is 16.1. The number of aromatic nitrogens is 2. The summed E-state index contributed by atoms with van der Waals surface area (Å²) in [6.45, 7) is 22.2. The largest absolute Gasteiger partial charge is 0.543 e. The van der Waals surface area contributed by atoms with E-state index in [-0.39, 0.29) is 16.7 Å². The molecule has 0 spiro atoms. The molecule has 190 valence electrons. The van der Waals surface area contributed by atoms with E-state index in [4.69, 9.17) is 8.85 Å². The van der Waals surface area contributed by atoms with Crippen molar-refractivity contribution in [2.45, 2.75) is 84.4 Å². The first-order valence-corrected chi connectivity index (χ1v) is 18.1. The van der Waals surface area contributed by atoms with Crippen molar-refractivity contribution in [1.82, 2.24) is 9.78 Å². The zero-order chi connectivity index (χ0) is 26.2. The molecule has 5 nitrogen and oxygen atoms in total. The third kappa shape index (κ3) is 5.73. The maximum atomic E-state index is 10.4. The normalized spacial score (nSPS) is 13.1. The van der Waals surface area contributed by atoms with Crippen LogP contribution in [0.15, 0.2) is 54.7 Å². The maximum Gasteiger partial charge on any atom is 0.250 e. The van der Waals surface area contributed by atoms with Crippen LogP contribution in [0.2, 0.25) is 36.3 Å². The summed E-state index contributed by atoms with van der Waals surface area (Å²) < 4.78 is 15.5. The monoisotopic (exact) mass is 510 g/mol. The van der Waals surface area contributed by atoms with E-state index in [0.717, 1.165) is 28.3 Å². The molecular formula is C28H42N2O3Si2. The molecule has 0 saturated carbocycles. The van der Waals surface area contributed by atoms with Crippen molar-refractivity contribution >= 4 is 16.6 Å². The fourth-order valence-corrected chi connectivity index (χ4v) is 5.32. The zero-order valence-corrected chi connectivity index (χ0v) is 25.1. The summed E-state index contributed by atoms with van der Waals surface area (Å²) >= 11 is 0. The summed E-state index contributed by atoms with van der Waals surface area (Å²) in [6.07, 6.45) is 1.80. The third-order valence-electron chi connectivity index (χ3n) is 7.60. The van der Waals surface area contributed by atoms with E-state index in [9.17, 15) is 5.11 Å². The average Bonchev–Trinajstić information content (AvgIpc) is 3.22. The van der Waals surface area contributed by atoms with Gasteiger partial charge in [-0.2, -0.15) is 5.10 Å². The highest BCUT2D eigenvalue weighted by Crippen LogP contribution is 2.45. The summed E-state index contributed by atoms with van der Waals surface area (Å²) in [6, 6.07) is 16.1. The van der Waals surface area contributed by atoms with Gasteiger partial charge in [-0.05, 0) is 60.5 Å². The van der Waals surface area contributed by atoms with Crippen molar-refractivity contribution in [3.8, 4) is 28.4 Å². The Kier molecular flexibility index (Phi) is 7.47. The Balaban J connectivity index is 2.23. The van der Waals surface area contributed by atoms with Gasteiger partial charge in [0.15, 0.2) is 0 Å². The number of aliphatic hydroxyl groups excluding tert-OH is 1. The van der Waals surface area contributed by atoms with Gasteiger partial charge in [-0.15, -0.1) is 0 Å². The molecule has 35 heavy (non-hydrogen) atoms. The lowest BCUT2D eigenvalue weighted by Crippen LogP contribution is -2.44. The van der Waals surface area contributed by atoms with E-state index in [0.29, 0.717) is 5.75 Å². The van der Waals surface area contributed by atoms with Crippen LogP contribution in [-0.2, 0) is 6.61 Å². The van der Waals surface area contributed by atoms with Gasteiger partial charge in [0.2, 0.25) is 8.32 Å². The molecule has 7 heteroatoms. The van der Waals surface area contributed by atoms with Crippen molar-refractivity contribution in [2.24, 2.45) is 0 Å². The first kappa shape index (κ1) is 27.2. The Morgan fingerprint density at radius 3 is 1.86 bits per heavy atom. The minimum atomic E-state index is -2.17. The molecule has 0 aliphatic carbocycles. The predicted octanol–water partition coefficient (Wildman–Crippen LogP) is 7.80. The van der Waals surface area contributed by atoms with Crippen molar-refractivity contribution in [2.75, 3.05) is 0 Å². The number of para-hydroxylation sites is 1. The smallest absolute Gasteiger partial charge is 0.250 e. The van der Waals surface area contributed by atoms with Gasteiger partial charge in [0.25, 0.3) is 8.32 Å². The number of hydrogen-bond donors (Lipinski definition) is 1. The highest BCUT2D eigenvalue weighted by Gasteiger charge is 2.41. The second-order valence-corrected chi connectivity index (χ2v) is 21.8. The number of rotatable bonds is 7. The molecule has 0 aliphatic heterocycles. The number of nitrogens with zero attached hydrogens (tertiary/aromatic N) is 2. The molecule has 2 aromatic carbocycles. The molecule has 0 fully saturated rings. The Morgan fingerprint density at radius 1 is 0.800 bits per heavy atom. The molecule has 0 unspecified atom stereocenters. The molecule has 0 amide bonds. The standard InChI is InChI=1S/C28H42N2O3Si2/c1-27(2,3)34(7,8)32-25-19-26(33-35(9,10)28(4,5)6)23(18-21(25)20-31)24-16-17-29-30(24)22-14-12-11-13-15-22/h11-19,31H,20H2,1-10H3. The lowest BCUT2D eigenvalue weighted by atomic mass is 10.1. The second-order valence-electron chi connectivity index (χ2n) is 12.3. The Morgan fingerprint density at radius 2 is 1.34 bits per heavy atom. The van der Waals surface area contributed by atoms with Crippen LogP contribution in [0.5, 0.6) is 11.5 Å². The number of aliphatic hydroxyl groups is 1. The molecule has 0 aliphatic rings. The van der Waals surface area contributed by atoms with Crippen LogP contribution in [-0.4, -0.2) is 31.5 Å².